The number of halogens is 1. The van der Waals surface area contributed by atoms with Crippen LogP contribution in [0.3, 0.4) is 0 Å². The fourth-order valence-corrected chi connectivity index (χ4v) is 4.58. The number of rotatable bonds is 7. The predicted octanol–water partition coefficient (Wildman–Crippen LogP) is 2.43. The Labute approximate surface area is 174 Å². The number of hydrogen-bond acceptors (Lipinski definition) is 4. The van der Waals surface area contributed by atoms with Gasteiger partial charge >= 0.3 is 0 Å². The molecule has 0 bridgehead atoms. The molecule has 1 heterocycles. The van der Waals surface area contributed by atoms with Crippen LogP contribution in [0.4, 0.5) is 15.8 Å². The predicted molar refractivity (Wildman–Crippen MR) is 110 cm³/mol. The van der Waals surface area contributed by atoms with Gasteiger partial charge in [0.15, 0.2) is 0 Å². The van der Waals surface area contributed by atoms with Crippen molar-refractivity contribution in [1.82, 2.24) is 4.72 Å². The van der Waals surface area contributed by atoms with E-state index in [-0.39, 0.29) is 29.7 Å². The van der Waals surface area contributed by atoms with Crippen LogP contribution in [-0.4, -0.2) is 33.3 Å². The molecule has 7 nitrogen and oxygen atoms in total. The molecule has 30 heavy (non-hydrogen) atoms. The van der Waals surface area contributed by atoms with Crippen molar-refractivity contribution in [3.05, 3.63) is 53.8 Å². The zero-order valence-corrected chi connectivity index (χ0v) is 17.0. The molecule has 1 aliphatic carbocycles. The Morgan fingerprint density at radius 3 is 2.67 bits per heavy atom. The second-order valence-corrected chi connectivity index (χ2v) is 9.28. The van der Waals surface area contributed by atoms with Crippen molar-refractivity contribution in [2.24, 2.45) is 5.92 Å². The van der Waals surface area contributed by atoms with Crippen LogP contribution < -0.4 is 14.9 Å². The highest BCUT2D eigenvalue weighted by Gasteiger charge is 2.36. The smallest absolute Gasteiger partial charge is 0.240 e. The number of nitrogens with one attached hydrogen (secondary N) is 2. The van der Waals surface area contributed by atoms with E-state index in [1.165, 1.54) is 24.3 Å². The quantitative estimate of drug-likeness (QED) is 0.704. The zero-order chi connectivity index (χ0) is 21.3. The molecule has 158 valence electrons. The molecule has 0 atom stereocenters. The molecule has 9 heteroatoms. The third kappa shape index (κ3) is 4.52. The van der Waals surface area contributed by atoms with Crippen LogP contribution in [0.5, 0.6) is 0 Å². The molecular formula is C21H22FN3O4S. The van der Waals surface area contributed by atoms with Crippen molar-refractivity contribution in [2.75, 3.05) is 23.3 Å². The summed E-state index contributed by atoms with van der Waals surface area (Å²) in [6, 6.07) is 10.2. The van der Waals surface area contributed by atoms with E-state index in [9.17, 15) is 22.4 Å². The van der Waals surface area contributed by atoms with E-state index in [4.69, 9.17) is 0 Å². The van der Waals surface area contributed by atoms with Crippen molar-refractivity contribution in [3.63, 3.8) is 0 Å². The third-order valence-corrected chi connectivity index (χ3v) is 6.66. The maximum atomic E-state index is 13.2. The van der Waals surface area contributed by atoms with Gasteiger partial charge in [-0.2, -0.15) is 0 Å². The molecule has 2 aromatic rings. The SMILES string of the molecule is O=C(CCNS(=O)(=O)c1ccc2c(c1)CCN2C(=O)C1CC1)Nc1cccc(F)c1. The molecule has 2 amide bonds. The van der Waals surface area contributed by atoms with Crippen LogP contribution in [0.2, 0.25) is 0 Å². The van der Waals surface area contributed by atoms with E-state index in [1.807, 2.05) is 0 Å². The summed E-state index contributed by atoms with van der Waals surface area (Å²) in [6.45, 7) is 0.481. The van der Waals surface area contributed by atoms with Crippen LogP contribution in [0.15, 0.2) is 47.4 Å². The molecule has 2 aliphatic rings. The molecule has 0 spiro atoms. The van der Waals surface area contributed by atoms with Gasteiger partial charge in [0.05, 0.1) is 4.90 Å². The number of amides is 2. The monoisotopic (exact) mass is 431 g/mol. The minimum absolute atomic E-state index is 0.0904. The first-order valence-corrected chi connectivity index (χ1v) is 11.3. The van der Waals surface area contributed by atoms with Gasteiger partial charge in [-0.1, -0.05) is 6.07 Å². The average molecular weight is 431 g/mol. The molecule has 0 radical (unpaired) electrons. The average Bonchev–Trinajstić information content (AvgIpc) is 3.46. The Kier molecular flexibility index (Phi) is 5.57. The van der Waals surface area contributed by atoms with Crippen molar-refractivity contribution in [3.8, 4) is 0 Å². The van der Waals surface area contributed by atoms with E-state index < -0.39 is 21.7 Å². The normalized spacial score (nSPS) is 15.7. The van der Waals surface area contributed by atoms with Crippen LogP contribution in [0.25, 0.3) is 0 Å². The third-order valence-electron chi connectivity index (χ3n) is 5.20. The largest absolute Gasteiger partial charge is 0.326 e. The Balaban J connectivity index is 1.35. The first-order chi connectivity index (χ1) is 14.3. The summed E-state index contributed by atoms with van der Waals surface area (Å²) < 4.78 is 40.7. The second kappa shape index (κ2) is 8.16. The van der Waals surface area contributed by atoms with E-state index in [2.05, 4.69) is 10.0 Å². The first-order valence-electron chi connectivity index (χ1n) is 9.83. The van der Waals surface area contributed by atoms with Gasteiger partial charge in [-0.15, -0.1) is 0 Å². The Morgan fingerprint density at radius 1 is 1.13 bits per heavy atom. The van der Waals surface area contributed by atoms with E-state index >= 15 is 0 Å². The van der Waals surface area contributed by atoms with Gasteiger partial charge in [0.1, 0.15) is 5.82 Å². The number of fused-ring (bicyclic) bond motifs is 1. The van der Waals surface area contributed by atoms with E-state index in [0.717, 1.165) is 24.1 Å². The lowest BCUT2D eigenvalue weighted by Gasteiger charge is -2.17. The van der Waals surface area contributed by atoms with Crippen LogP contribution in [0.1, 0.15) is 24.8 Å². The van der Waals surface area contributed by atoms with Crippen LogP contribution in [-0.2, 0) is 26.0 Å². The molecule has 0 saturated heterocycles. The highest BCUT2D eigenvalue weighted by atomic mass is 32.2. The van der Waals surface area contributed by atoms with E-state index in [0.29, 0.717) is 18.7 Å². The maximum Gasteiger partial charge on any atom is 0.240 e. The van der Waals surface area contributed by atoms with Crippen molar-refractivity contribution in [1.29, 1.82) is 0 Å². The molecule has 1 saturated carbocycles. The van der Waals surface area contributed by atoms with Crippen LogP contribution >= 0.6 is 0 Å². The summed E-state index contributed by atoms with van der Waals surface area (Å²) >= 11 is 0. The van der Waals surface area contributed by atoms with Gasteiger partial charge in [-0.25, -0.2) is 17.5 Å². The Hall–Kier alpha value is -2.78. The second-order valence-electron chi connectivity index (χ2n) is 7.51. The van der Waals surface area contributed by atoms with E-state index in [1.54, 1.807) is 23.1 Å². The standard InChI is InChI=1S/C21H22FN3O4S/c22-16-2-1-3-17(13-16)24-20(26)8-10-23-30(28,29)18-6-7-19-15(12-18)9-11-25(19)21(27)14-4-5-14/h1-3,6-7,12-14,23H,4-5,8-11H2,(H,24,26). The van der Waals surface area contributed by atoms with Gasteiger partial charge < -0.3 is 10.2 Å². The van der Waals surface area contributed by atoms with Crippen molar-refractivity contribution in [2.45, 2.75) is 30.6 Å². The fourth-order valence-electron chi connectivity index (χ4n) is 3.50. The Morgan fingerprint density at radius 2 is 1.93 bits per heavy atom. The lowest BCUT2D eigenvalue weighted by atomic mass is 10.2. The topological polar surface area (TPSA) is 95.6 Å². The molecule has 1 fully saturated rings. The summed E-state index contributed by atoms with van der Waals surface area (Å²) in [5.74, 6) is -0.666. The molecule has 4 rings (SSSR count). The van der Waals surface area contributed by atoms with Gasteiger partial charge in [0.25, 0.3) is 0 Å². The van der Waals surface area contributed by atoms with Gasteiger partial charge in [-0.05, 0) is 61.2 Å². The number of carbonyl (C=O) groups excluding carboxylic acids is 2. The molecule has 0 aromatic heterocycles. The number of benzene rings is 2. The number of anilines is 2. The number of sulfonamides is 1. The molecule has 2 N–H and O–H groups in total. The first kappa shape index (κ1) is 20.5. The molecule has 2 aromatic carbocycles. The van der Waals surface area contributed by atoms with Gasteiger partial charge in [0, 0.05) is 36.8 Å². The minimum atomic E-state index is -3.79. The van der Waals surface area contributed by atoms with Gasteiger partial charge in [0.2, 0.25) is 21.8 Å². The zero-order valence-electron chi connectivity index (χ0n) is 16.2. The maximum absolute atomic E-state index is 13.2. The number of hydrogen-bond donors (Lipinski definition) is 2. The van der Waals surface area contributed by atoms with Crippen molar-refractivity contribution >= 4 is 33.2 Å². The fraction of sp³-hybridized carbons (Fsp3) is 0.333. The van der Waals surface area contributed by atoms with Crippen LogP contribution in [0, 0.1) is 11.7 Å². The molecule has 1 aliphatic heterocycles. The van der Waals surface area contributed by atoms with Crippen molar-refractivity contribution < 1.29 is 22.4 Å². The summed E-state index contributed by atoms with van der Waals surface area (Å²) in [5.41, 5.74) is 1.92. The lowest BCUT2D eigenvalue weighted by Crippen LogP contribution is -2.30. The molecular weight excluding hydrogens is 409 g/mol. The highest BCUT2D eigenvalue weighted by Crippen LogP contribution is 2.37. The lowest BCUT2D eigenvalue weighted by molar-refractivity contribution is -0.119. The summed E-state index contributed by atoms with van der Waals surface area (Å²) in [7, 11) is -3.79. The number of carbonyl (C=O) groups is 2. The minimum Gasteiger partial charge on any atom is -0.326 e. The summed E-state index contributed by atoms with van der Waals surface area (Å²) in [5, 5.41) is 2.52. The summed E-state index contributed by atoms with van der Waals surface area (Å²) in [6.07, 6.45) is 2.37. The van der Waals surface area contributed by atoms with Gasteiger partial charge in [-0.3, -0.25) is 9.59 Å². The molecule has 0 unspecified atom stereocenters. The highest BCUT2D eigenvalue weighted by molar-refractivity contribution is 7.89. The summed E-state index contributed by atoms with van der Waals surface area (Å²) in [4.78, 5) is 26.1. The number of nitrogens with zero attached hydrogens (tertiary/aromatic N) is 1. The Bertz CT molecular complexity index is 1100.